The second-order valence-corrected chi connectivity index (χ2v) is 9.07. The number of benzene rings is 2. The molecule has 180 valence electrons. The van der Waals surface area contributed by atoms with Crippen LogP contribution in [0.25, 0.3) is 0 Å². The molecule has 2 fully saturated rings. The number of rotatable bonds is 8. The van der Waals surface area contributed by atoms with Crippen molar-refractivity contribution in [3.05, 3.63) is 71.5 Å². The molecule has 1 atom stereocenters. The highest BCUT2D eigenvalue weighted by atomic mass is 19.1. The number of amides is 4. The lowest BCUT2D eigenvalue weighted by molar-refractivity contribution is -0.139. The van der Waals surface area contributed by atoms with Gasteiger partial charge in [-0.15, -0.1) is 0 Å². The molecule has 2 aliphatic heterocycles. The fourth-order valence-corrected chi connectivity index (χ4v) is 4.33. The number of piperazine rings is 1. The van der Waals surface area contributed by atoms with Crippen molar-refractivity contribution < 1.29 is 18.8 Å². The highest BCUT2D eigenvalue weighted by Gasteiger charge is 2.48. The minimum absolute atomic E-state index is 0.0747. The Labute approximate surface area is 198 Å². The Kier molecular flexibility index (Phi) is 7.23. The van der Waals surface area contributed by atoms with Crippen LogP contribution in [0.5, 0.6) is 0 Å². The smallest absolute Gasteiger partial charge is 0.322 e. The highest BCUT2D eigenvalue weighted by molar-refractivity contribution is 6.07. The monoisotopic (exact) mass is 467 g/mol. The van der Waals surface area contributed by atoms with E-state index in [9.17, 15) is 18.8 Å². The van der Waals surface area contributed by atoms with E-state index in [1.54, 1.807) is 19.1 Å². The minimum Gasteiger partial charge on any atom is -0.322 e. The second-order valence-electron chi connectivity index (χ2n) is 9.07. The summed E-state index contributed by atoms with van der Waals surface area (Å²) in [5.41, 5.74) is 3.12. The van der Waals surface area contributed by atoms with E-state index in [0.717, 1.165) is 10.6 Å². The van der Waals surface area contributed by atoms with E-state index >= 15 is 0 Å². The van der Waals surface area contributed by atoms with Gasteiger partial charge in [0.2, 0.25) is 0 Å². The summed E-state index contributed by atoms with van der Waals surface area (Å²) >= 11 is 0. The molecule has 2 N–H and O–H groups in total. The van der Waals surface area contributed by atoms with E-state index in [1.807, 2.05) is 41.3 Å². The predicted molar refractivity (Wildman–Crippen MR) is 125 cm³/mol. The van der Waals surface area contributed by atoms with Gasteiger partial charge in [-0.05, 0) is 31.4 Å². The van der Waals surface area contributed by atoms with E-state index in [-0.39, 0.29) is 12.4 Å². The molecule has 0 saturated carbocycles. The molecule has 2 saturated heterocycles. The number of hydrogen-bond acceptors (Lipinski definition) is 5. The number of nitrogens with one attached hydrogen (secondary N) is 2. The SMILES string of the molecule is CC1(CCc2ccccc2)NC(=O)N(NC(=O)CN2CCN(Cc3ccccc3F)CC2)C1=O. The summed E-state index contributed by atoms with van der Waals surface area (Å²) in [6, 6.07) is 15.8. The Hall–Kier alpha value is -3.30. The maximum atomic E-state index is 13.9. The predicted octanol–water partition coefficient (Wildman–Crippen LogP) is 1.92. The zero-order valence-electron chi connectivity index (χ0n) is 19.3. The molecule has 1 unspecified atom stereocenters. The third-order valence-electron chi connectivity index (χ3n) is 6.44. The second kappa shape index (κ2) is 10.3. The standard InChI is InChI=1S/C25H30FN5O3/c1-25(12-11-19-7-3-2-4-8-19)23(33)31(24(34)27-25)28-22(32)18-30-15-13-29(14-16-30)17-20-9-5-6-10-21(20)26/h2-10H,11-18H2,1H3,(H,27,34)(H,28,32). The Morgan fingerprint density at radius 2 is 1.65 bits per heavy atom. The number of imide groups is 1. The number of hydrazine groups is 1. The number of nitrogens with zero attached hydrogens (tertiary/aromatic N) is 3. The van der Waals surface area contributed by atoms with Gasteiger partial charge >= 0.3 is 6.03 Å². The van der Waals surface area contributed by atoms with Gasteiger partial charge in [0.1, 0.15) is 11.4 Å². The maximum absolute atomic E-state index is 13.9. The van der Waals surface area contributed by atoms with Gasteiger partial charge < -0.3 is 5.32 Å². The van der Waals surface area contributed by atoms with Gasteiger partial charge in [0.15, 0.2) is 0 Å². The van der Waals surface area contributed by atoms with Crippen molar-refractivity contribution in [2.75, 3.05) is 32.7 Å². The van der Waals surface area contributed by atoms with Crippen molar-refractivity contribution in [1.29, 1.82) is 0 Å². The molecule has 2 aliphatic rings. The molecule has 2 heterocycles. The van der Waals surface area contributed by atoms with Crippen LogP contribution >= 0.6 is 0 Å². The van der Waals surface area contributed by atoms with Crippen LogP contribution in [0, 0.1) is 5.82 Å². The largest absolute Gasteiger partial charge is 0.344 e. The van der Waals surface area contributed by atoms with Gasteiger partial charge in [-0.1, -0.05) is 48.5 Å². The topological polar surface area (TPSA) is 85.0 Å². The Bertz CT molecular complexity index is 1040. The van der Waals surface area contributed by atoms with Crippen molar-refractivity contribution in [2.24, 2.45) is 0 Å². The normalized spacial score (nSPS) is 21.5. The molecule has 2 aromatic carbocycles. The van der Waals surface area contributed by atoms with Gasteiger partial charge in [-0.2, -0.15) is 5.01 Å². The molecule has 0 aliphatic carbocycles. The number of carbonyl (C=O) groups is 3. The van der Waals surface area contributed by atoms with Crippen molar-refractivity contribution in [1.82, 2.24) is 25.6 Å². The van der Waals surface area contributed by atoms with Crippen LogP contribution in [0.15, 0.2) is 54.6 Å². The van der Waals surface area contributed by atoms with Crippen molar-refractivity contribution in [3.63, 3.8) is 0 Å². The van der Waals surface area contributed by atoms with E-state index < -0.39 is 23.4 Å². The van der Waals surface area contributed by atoms with Gasteiger partial charge in [-0.3, -0.25) is 24.8 Å². The van der Waals surface area contributed by atoms with E-state index in [1.165, 1.54) is 6.07 Å². The van der Waals surface area contributed by atoms with Crippen molar-refractivity contribution in [3.8, 4) is 0 Å². The average molecular weight is 468 g/mol. The van der Waals surface area contributed by atoms with Crippen LogP contribution < -0.4 is 10.7 Å². The first kappa shape index (κ1) is 23.8. The first-order valence-electron chi connectivity index (χ1n) is 11.5. The molecular weight excluding hydrogens is 437 g/mol. The molecule has 0 spiro atoms. The van der Waals surface area contributed by atoms with Crippen molar-refractivity contribution in [2.45, 2.75) is 31.8 Å². The zero-order chi connectivity index (χ0) is 24.1. The van der Waals surface area contributed by atoms with Gasteiger partial charge in [0.25, 0.3) is 11.8 Å². The van der Waals surface area contributed by atoms with Crippen LogP contribution in [0.1, 0.15) is 24.5 Å². The average Bonchev–Trinajstić information content (AvgIpc) is 3.04. The summed E-state index contributed by atoms with van der Waals surface area (Å²) in [7, 11) is 0. The summed E-state index contributed by atoms with van der Waals surface area (Å²) < 4.78 is 13.9. The summed E-state index contributed by atoms with van der Waals surface area (Å²) in [6.45, 7) is 4.94. The number of hydrogen-bond donors (Lipinski definition) is 2. The van der Waals surface area contributed by atoms with E-state index in [4.69, 9.17) is 0 Å². The molecule has 9 heteroatoms. The molecule has 34 heavy (non-hydrogen) atoms. The number of halogens is 1. The Morgan fingerprint density at radius 1 is 1.00 bits per heavy atom. The molecule has 0 bridgehead atoms. The van der Waals surface area contributed by atoms with E-state index in [0.29, 0.717) is 51.1 Å². The van der Waals surface area contributed by atoms with Gasteiger partial charge in [0.05, 0.1) is 6.54 Å². The molecule has 4 rings (SSSR count). The molecule has 4 amide bonds. The lowest BCUT2D eigenvalue weighted by atomic mass is 9.93. The minimum atomic E-state index is -1.07. The van der Waals surface area contributed by atoms with Crippen LogP contribution in [-0.4, -0.2) is 70.9 Å². The highest BCUT2D eigenvalue weighted by Crippen LogP contribution is 2.22. The molecule has 0 aromatic heterocycles. The Balaban J connectivity index is 1.24. The fraction of sp³-hybridized carbons (Fsp3) is 0.400. The first-order valence-corrected chi connectivity index (χ1v) is 11.5. The third-order valence-corrected chi connectivity index (χ3v) is 6.44. The van der Waals surface area contributed by atoms with E-state index in [2.05, 4.69) is 15.6 Å². The molecule has 8 nitrogen and oxygen atoms in total. The maximum Gasteiger partial charge on any atom is 0.344 e. The van der Waals surface area contributed by atoms with Gasteiger partial charge in [0, 0.05) is 38.3 Å². The van der Waals surface area contributed by atoms with Gasteiger partial charge in [-0.25, -0.2) is 9.18 Å². The fourth-order valence-electron chi connectivity index (χ4n) is 4.33. The number of carbonyl (C=O) groups excluding carboxylic acids is 3. The number of urea groups is 1. The van der Waals surface area contributed by atoms with Crippen LogP contribution in [-0.2, 0) is 22.6 Å². The van der Waals surface area contributed by atoms with Crippen LogP contribution in [0.2, 0.25) is 0 Å². The molecule has 0 radical (unpaired) electrons. The quantitative estimate of drug-likeness (QED) is 0.580. The van der Waals surface area contributed by atoms with Crippen LogP contribution in [0.3, 0.4) is 0 Å². The first-order chi connectivity index (χ1) is 16.3. The van der Waals surface area contributed by atoms with Crippen LogP contribution in [0.4, 0.5) is 9.18 Å². The summed E-state index contributed by atoms with van der Waals surface area (Å²) in [4.78, 5) is 42.0. The zero-order valence-corrected chi connectivity index (χ0v) is 19.3. The third kappa shape index (κ3) is 5.60. The Morgan fingerprint density at radius 3 is 2.35 bits per heavy atom. The molecule has 2 aromatic rings. The van der Waals surface area contributed by atoms with Crippen molar-refractivity contribution >= 4 is 17.8 Å². The lowest BCUT2D eigenvalue weighted by Gasteiger charge is -2.34. The number of aryl methyl sites for hydroxylation is 1. The summed E-state index contributed by atoms with van der Waals surface area (Å²) in [6.07, 6.45) is 1.06. The summed E-state index contributed by atoms with van der Waals surface area (Å²) in [5, 5.41) is 3.51. The summed E-state index contributed by atoms with van der Waals surface area (Å²) in [5.74, 6) is -1.09. The molecular formula is C25H30FN5O3. The lowest BCUT2D eigenvalue weighted by Crippen LogP contribution is -2.53.